The summed E-state index contributed by atoms with van der Waals surface area (Å²) in [6.07, 6.45) is 10.3. The van der Waals surface area contributed by atoms with Crippen molar-refractivity contribution in [1.29, 1.82) is 0 Å². The van der Waals surface area contributed by atoms with E-state index in [1.54, 1.807) is 11.3 Å². The van der Waals surface area contributed by atoms with Crippen LogP contribution in [0.5, 0.6) is 0 Å². The van der Waals surface area contributed by atoms with Gasteiger partial charge in [0.25, 0.3) is 5.91 Å². The minimum absolute atomic E-state index is 0.0631. The lowest BCUT2D eigenvalue weighted by Crippen LogP contribution is -2.19. The fraction of sp³-hybridized carbons (Fsp3) is 0.346. The zero-order chi connectivity index (χ0) is 21.0. The molecule has 3 heteroatoms. The van der Waals surface area contributed by atoms with Crippen molar-refractivity contribution in [2.45, 2.75) is 53.9 Å². The molecule has 1 N–H and O–H groups in total. The van der Waals surface area contributed by atoms with Gasteiger partial charge in [-0.1, -0.05) is 43.7 Å². The van der Waals surface area contributed by atoms with E-state index in [0.717, 1.165) is 27.3 Å². The van der Waals surface area contributed by atoms with Crippen LogP contribution in [0.15, 0.2) is 64.6 Å². The minimum Gasteiger partial charge on any atom is -0.322 e. The van der Waals surface area contributed by atoms with Crippen LogP contribution in [0, 0.1) is 12.3 Å². The van der Waals surface area contributed by atoms with Gasteiger partial charge in [-0.05, 0) is 91.8 Å². The maximum atomic E-state index is 12.8. The number of amides is 1. The van der Waals surface area contributed by atoms with Crippen molar-refractivity contribution in [3.63, 3.8) is 0 Å². The van der Waals surface area contributed by atoms with Crippen molar-refractivity contribution in [3.8, 4) is 0 Å². The van der Waals surface area contributed by atoms with Crippen LogP contribution in [0.4, 0.5) is 5.69 Å². The first-order valence-corrected chi connectivity index (χ1v) is 11.2. The summed E-state index contributed by atoms with van der Waals surface area (Å²) in [6.45, 7) is 11.1. The highest BCUT2D eigenvalue weighted by molar-refractivity contribution is 7.11. The van der Waals surface area contributed by atoms with Gasteiger partial charge in [0.2, 0.25) is 0 Å². The van der Waals surface area contributed by atoms with Gasteiger partial charge in [0.1, 0.15) is 0 Å². The van der Waals surface area contributed by atoms with E-state index in [1.165, 1.54) is 30.4 Å². The lowest BCUT2D eigenvalue weighted by Gasteiger charge is -2.32. The first-order chi connectivity index (χ1) is 13.8. The molecule has 2 aromatic rings. The van der Waals surface area contributed by atoms with Gasteiger partial charge in [0, 0.05) is 10.6 Å². The molecule has 1 aliphatic rings. The van der Waals surface area contributed by atoms with E-state index in [4.69, 9.17) is 0 Å². The molecule has 0 radical (unpaired) electrons. The maximum Gasteiger partial charge on any atom is 0.257 e. The molecule has 3 rings (SSSR count). The molecule has 0 aliphatic heterocycles. The largest absolute Gasteiger partial charge is 0.322 e. The van der Waals surface area contributed by atoms with Gasteiger partial charge < -0.3 is 5.32 Å². The second-order valence-electron chi connectivity index (χ2n) is 8.68. The lowest BCUT2D eigenvalue weighted by atomic mass is 9.72. The van der Waals surface area contributed by atoms with Crippen LogP contribution in [0.3, 0.4) is 0 Å². The number of rotatable bonds is 5. The third-order valence-electron chi connectivity index (χ3n) is 5.63. The number of carbonyl (C=O) groups excluding carboxylic acids is 1. The van der Waals surface area contributed by atoms with E-state index in [2.05, 4.69) is 51.2 Å². The van der Waals surface area contributed by atoms with Crippen molar-refractivity contribution in [1.82, 2.24) is 0 Å². The number of thiophene rings is 1. The van der Waals surface area contributed by atoms with E-state index >= 15 is 0 Å². The molecule has 0 saturated carbocycles. The number of hydrogen-bond acceptors (Lipinski definition) is 2. The van der Waals surface area contributed by atoms with Crippen LogP contribution < -0.4 is 5.32 Å². The SMILES string of the molecule is CC(C=CC1=C(C)CCCC1(C)C)=Cc1sccc1C(=O)Nc1cccc(C)c1. The van der Waals surface area contributed by atoms with Gasteiger partial charge in [0.15, 0.2) is 0 Å². The summed E-state index contributed by atoms with van der Waals surface area (Å²) >= 11 is 1.60. The highest BCUT2D eigenvalue weighted by Gasteiger charge is 2.26. The van der Waals surface area contributed by atoms with Crippen LogP contribution in [0.25, 0.3) is 6.08 Å². The quantitative estimate of drug-likeness (QED) is 0.505. The van der Waals surface area contributed by atoms with Gasteiger partial charge in [-0.3, -0.25) is 4.79 Å². The number of benzene rings is 1. The predicted molar refractivity (Wildman–Crippen MR) is 127 cm³/mol. The molecule has 29 heavy (non-hydrogen) atoms. The highest BCUT2D eigenvalue weighted by atomic mass is 32.1. The Labute approximate surface area is 179 Å². The van der Waals surface area contributed by atoms with Gasteiger partial charge >= 0.3 is 0 Å². The highest BCUT2D eigenvalue weighted by Crippen LogP contribution is 2.40. The average molecular weight is 406 g/mol. The standard InChI is InChI=1S/C26H31NOS/c1-18-8-6-10-21(16-18)27-25(28)22-13-15-29-24(22)17-19(2)11-12-23-20(3)9-7-14-26(23,4)5/h6,8,10-13,15-17H,7,9,14H2,1-5H3,(H,27,28). The first kappa shape index (κ1) is 21.3. The van der Waals surface area contributed by atoms with E-state index in [0.29, 0.717) is 0 Å². The van der Waals surface area contributed by atoms with Gasteiger partial charge in [-0.25, -0.2) is 0 Å². The summed E-state index contributed by atoms with van der Waals surface area (Å²) in [5, 5.41) is 4.99. The number of hydrogen-bond donors (Lipinski definition) is 1. The molecule has 0 spiro atoms. The molecule has 0 atom stereocenters. The Morgan fingerprint density at radius 3 is 2.72 bits per heavy atom. The molecule has 152 valence electrons. The third-order valence-corrected chi connectivity index (χ3v) is 6.49. The van der Waals surface area contributed by atoms with Gasteiger partial charge in [-0.2, -0.15) is 0 Å². The predicted octanol–water partition coefficient (Wildman–Crippen LogP) is 7.79. The second kappa shape index (κ2) is 8.96. The van der Waals surface area contributed by atoms with Crippen LogP contribution in [-0.2, 0) is 0 Å². The number of aryl methyl sites for hydroxylation is 1. The minimum atomic E-state index is -0.0631. The molecule has 1 aromatic carbocycles. The Morgan fingerprint density at radius 2 is 2.00 bits per heavy atom. The number of carbonyl (C=O) groups is 1. The molecule has 1 heterocycles. The zero-order valence-corrected chi connectivity index (χ0v) is 19.0. The van der Waals surface area contributed by atoms with Gasteiger partial charge in [-0.15, -0.1) is 11.3 Å². The molecular formula is C26H31NOS. The molecule has 0 saturated heterocycles. The monoisotopic (exact) mass is 405 g/mol. The molecule has 1 amide bonds. The maximum absolute atomic E-state index is 12.8. The van der Waals surface area contributed by atoms with Gasteiger partial charge in [0.05, 0.1) is 5.56 Å². The Kier molecular flexibility index (Phi) is 6.59. The third kappa shape index (κ3) is 5.36. The van der Waals surface area contributed by atoms with Crippen molar-refractivity contribution in [3.05, 3.63) is 80.6 Å². The van der Waals surface area contributed by atoms with Crippen LogP contribution in [0.1, 0.15) is 67.8 Å². The number of anilines is 1. The van der Waals surface area contributed by atoms with Crippen LogP contribution in [-0.4, -0.2) is 5.91 Å². The fourth-order valence-corrected chi connectivity index (χ4v) is 4.91. The van der Waals surface area contributed by atoms with Crippen molar-refractivity contribution >= 4 is 29.0 Å². The van der Waals surface area contributed by atoms with E-state index in [-0.39, 0.29) is 11.3 Å². The summed E-state index contributed by atoms with van der Waals surface area (Å²) in [4.78, 5) is 13.8. The summed E-state index contributed by atoms with van der Waals surface area (Å²) in [5.41, 5.74) is 7.02. The van der Waals surface area contributed by atoms with Crippen molar-refractivity contribution < 1.29 is 4.79 Å². The van der Waals surface area contributed by atoms with E-state index in [9.17, 15) is 4.79 Å². The Morgan fingerprint density at radius 1 is 1.21 bits per heavy atom. The molecule has 0 fully saturated rings. The zero-order valence-electron chi connectivity index (χ0n) is 18.1. The van der Waals surface area contributed by atoms with Crippen molar-refractivity contribution in [2.75, 3.05) is 5.32 Å². The number of allylic oxidation sites excluding steroid dienone is 5. The topological polar surface area (TPSA) is 29.1 Å². The average Bonchev–Trinajstić information content (AvgIpc) is 3.09. The van der Waals surface area contributed by atoms with Crippen LogP contribution >= 0.6 is 11.3 Å². The molecule has 0 unspecified atom stereocenters. The normalized spacial score (nSPS) is 17.1. The summed E-state index contributed by atoms with van der Waals surface area (Å²) in [6, 6.07) is 9.78. The molecular weight excluding hydrogens is 374 g/mol. The second-order valence-corrected chi connectivity index (χ2v) is 9.62. The summed E-state index contributed by atoms with van der Waals surface area (Å²) < 4.78 is 0. The molecule has 0 bridgehead atoms. The van der Waals surface area contributed by atoms with Crippen molar-refractivity contribution in [2.24, 2.45) is 5.41 Å². The van der Waals surface area contributed by atoms with Crippen LogP contribution in [0.2, 0.25) is 0 Å². The van der Waals surface area contributed by atoms with E-state index in [1.807, 2.05) is 42.6 Å². The number of nitrogens with one attached hydrogen (secondary N) is 1. The molecule has 2 nitrogen and oxygen atoms in total. The molecule has 1 aliphatic carbocycles. The lowest BCUT2D eigenvalue weighted by molar-refractivity contribution is 0.102. The fourth-order valence-electron chi connectivity index (χ4n) is 4.02. The molecule has 1 aromatic heterocycles. The summed E-state index contributed by atoms with van der Waals surface area (Å²) in [5.74, 6) is -0.0631. The summed E-state index contributed by atoms with van der Waals surface area (Å²) in [7, 11) is 0. The van der Waals surface area contributed by atoms with E-state index < -0.39 is 0 Å². The Balaban J connectivity index is 1.77. The smallest absolute Gasteiger partial charge is 0.257 e. The Bertz CT molecular complexity index is 988. The Hall–Kier alpha value is -2.39. The first-order valence-electron chi connectivity index (χ1n) is 10.3.